The quantitative estimate of drug-likeness (QED) is 0.822. The Balaban J connectivity index is 2.85. The van der Waals surface area contributed by atoms with Crippen LogP contribution in [0.5, 0.6) is 5.75 Å². The van der Waals surface area contributed by atoms with Gasteiger partial charge in [0.2, 0.25) is 5.91 Å². The van der Waals surface area contributed by atoms with E-state index in [2.05, 4.69) is 19.2 Å². The van der Waals surface area contributed by atoms with E-state index in [0.717, 1.165) is 11.3 Å². The number of benzene rings is 1. The van der Waals surface area contributed by atoms with Crippen LogP contribution >= 0.6 is 11.6 Å². The van der Waals surface area contributed by atoms with Crippen LogP contribution < -0.4 is 10.1 Å². The number of methoxy groups -OCH3 is 1. The van der Waals surface area contributed by atoms with E-state index in [-0.39, 0.29) is 17.8 Å². The third-order valence-corrected chi connectivity index (χ3v) is 2.82. The molecule has 3 nitrogen and oxygen atoms in total. The third kappa shape index (κ3) is 3.93. The highest BCUT2D eigenvalue weighted by atomic mass is 35.5. The zero-order chi connectivity index (χ0) is 12.8. The Morgan fingerprint density at radius 2 is 1.94 bits per heavy atom. The fourth-order valence-corrected chi connectivity index (χ4v) is 1.74. The molecule has 1 aromatic rings. The summed E-state index contributed by atoms with van der Waals surface area (Å²) in [5.41, 5.74) is 1.05. The second-order valence-electron chi connectivity index (χ2n) is 4.20. The monoisotopic (exact) mass is 255 g/mol. The smallest absolute Gasteiger partial charge is 0.235 e. The molecular formula is C13H18ClNO2. The van der Waals surface area contributed by atoms with E-state index >= 15 is 0 Å². The highest BCUT2D eigenvalue weighted by Gasteiger charge is 2.17. The van der Waals surface area contributed by atoms with E-state index < -0.39 is 0 Å². The summed E-state index contributed by atoms with van der Waals surface area (Å²) >= 11 is 5.50. The van der Waals surface area contributed by atoms with E-state index in [0.29, 0.717) is 5.92 Å². The zero-order valence-corrected chi connectivity index (χ0v) is 11.1. The number of amides is 1. The molecule has 0 spiro atoms. The molecule has 1 N–H and O–H groups in total. The van der Waals surface area contributed by atoms with Gasteiger partial charge in [0.15, 0.2) is 0 Å². The molecule has 0 fully saturated rings. The summed E-state index contributed by atoms with van der Waals surface area (Å²) in [6.45, 7) is 4.12. The number of rotatable bonds is 5. The maximum absolute atomic E-state index is 11.4. The van der Waals surface area contributed by atoms with Gasteiger partial charge in [0, 0.05) is 0 Å². The molecule has 1 atom stereocenters. The van der Waals surface area contributed by atoms with Gasteiger partial charge < -0.3 is 10.1 Å². The normalized spacial score (nSPS) is 12.3. The second-order valence-corrected chi connectivity index (χ2v) is 4.46. The summed E-state index contributed by atoms with van der Waals surface area (Å²) in [4.78, 5) is 11.4. The van der Waals surface area contributed by atoms with Crippen LogP contribution in [0.3, 0.4) is 0 Å². The highest BCUT2D eigenvalue weighted by Crippen LogP contribution is 2.23. The highest BCUT2D eigenvalue weighted by molar-refractivity contribution is 6.27. The van der Waals surface area contributed by atoms with E-state index in [1.165, 1.54) is 0 Å². The average molecular weight is 256 g/mol. The molecule has 94 valence electrons. The summed E-state index contributed by atoms with van der Waals surface area (Å²) in [5, 5.41) is 2.91. The number of halogens is 1. The molecule has 0 bridgehead atoms. The lowest BCUT2D eigenvalue weighted by molar-refractivity contribution is -0.119. The predicted molar refractivity (Wildman–Crippen MR) is 69.4 cm³/mol. The van der Waals surface area contributed by atoms with Crippen molar-refractivity contribution >= 4 is 17.5 Å². The van der Waals surface area contributed by atoms with E-state index in [4.69, 9.17) is 16.3 Å². The van der Waals surface area contributed by atoms with Gasteiger partial charge in [-0.1, -0.05) is 26.0 Å². The zero-order valence-electron chi connectivity index (χ0n) is 10.4. The first kappa shape index (κ1) is 13.8. The van der Waals surface area contributed by atoms with Crippen LogP contribution in [0.4, 0.5) is 0 Å². The van der Waals surface area contributed by atoms with Crippen molar-refractivity contribution in [2.24, 2.45) is 5.92 Å². The molecule has 0 aliphatic carbocycles. The van der Waals surface area contributed by atoms with Crippen LogP contribution in [0.1, 0.15) is 25.5 Å². The van der Waals surface area contributed by atoms with Crippen LogP contribution in [0.25, 0.3) is 0 Å². The van der Waals surface area contributed by atoms with Crippen molar-refractivity contribution in [2.75, 3.05) is 13.0 Å². The van der Waals surface area contributed by atoms with E-state index in [9.17, 15) is 4.79 Å². The Labute approximate surface area is 107 Å². The van der Waals surface area contributed by atoms with Crippen molar-refractivity contribution < 1.29 is 9.53 Å². The minimum atomic E-state index is -0.152. The largest absolute Gasteiger partial charge is 0.497 e. The maximum Gasteiger partial charge on any atom is 0.235 e. The van der Waals surface area contributed by atoms with Gasteiger partial charge in [-0.2, -0.15) is 0 Å². The molecule has 0 unspecified atom stereocenters. The van der Waals surface area contributed by atoms with Crippen LogP contribution in [0.2, 0.25) is 0 Å². The van der Waals surface area contributed by atoms with Crippen LogP contribution in [-0.2, 0) is 4.79 Å². The Bertz CT molecular complexity index is 362. The standard InChI is InChI=1S/C13H18ClNO2/c1-9(2)13(15-12(16)8-14)10-4-6-11(17-3)7-5-10/h4-7,9,13H,8H2,1-3H3,(H,15,16)/t13-/m0/s1. The Morgan fingerprint density at radius 1 is 1.35 bits per heavy atom. The molecule has 4 heteroatoms. The number of carbonyl (C=O) groups is 1. The number of carbonyl (C=O) groups excluding carboxylic acids is 1. The van der Waals surface area contributed by atoms with Gasteiger partial charge in [0.1, 0.15) is 11.6 Å². The molecule has 0 saturated heterocycles. The van der Waals surface area contributed by atoms with E-state index in [1.54, 1.807) is 7.11 Å². The topological polar surface area (TPSA) is 38.3 Å². The summed E-state index contributed by atoms with van der Waals surface area (Å²) in [6.07, 6.45) is 0. The maximum atomic E-state index is 11.4. The predicted octanol–water partition coefficient (Wildman–Crippen LogP) is 2.75. The fourth-order valence-electron chi connectivity index (χ4n) is 1.66. The lowest BCUT2D eigenvalue weighted by Crippen LogP contribution is -2.32. The molecule has 1 rings (SSSR count). The van der Waals surface area contributed by atoms with Gasteiger partial charge in [-0.25, -0.2) is 0 Å². The van der Waals surface area contributed by atoms with Gasteiger partial charge >= 0.3 is 0 Å². The first-order chi connectivity index (χ1) is 8.08. The number of nitrogens with one attached hydrogen (secondary N) is 1. The Hall–Kier alpha value is -1.22. The minimum absolute atomic E-state index is 0.0145. The van der Waals surface area contributed by atoms with Gasteiger partial charge in [-0.05, 0) is 23.6 Å². The van der Waals surface area contributed by atoms with Crippen molar-refractivity contribution in [1.29, 1.82) is 0 Å². The molecule has 1 aromatic carbocycles. The van der Waals surface area contributed by atoms with Gasteiger partial charge in [0.25, 0.3) is 0 Å². The molecule has 0 radical (unpaired) electrons. The SMILES string of the molecule is COc1ccc([C@@H](NC(=O)CCl)C(C)C)cc1. The number of ether oxygens (including phenoxy) is 1. The molecule has 17 heavy (non-hydrogen) atoms. The molecule has 0 heterocycles. The number of alkyl halides is 1. The average Bonchev–Trinajstić information content (AvgIpc) is 2.35. The van der Waals surface area contributed by atoms with E-state index in [1.807, 2.05) is 24.3 Å². The molecule has 0 aliphatic heterocycles. The lowest BCUT2D eigenvalue weighted by Gasteiger charge is -2.22. The van der Waals surface area contributed by atoms with Crippen molar-refractivity contribution in [2.45, 2.75) is 19.9 Å². The fraction of sp³-hybridized carbons (Fsp3) is 0.462. The van der Waals surface area contributed by atoms with Gasteiger partial charge in [-0.15, -0.1) is 11.6 Å². The molecule has 0 saturated carbocycles. The van der Waals surface area contributed by atoms with Crippen molar-refractivity contribution in [3.63, 3.8) is 0 Å². The molecule has 0 aliphatic rings. The second kappa shape index (κ2) is 6.50. The Morgan fingerprint density at radius 3 is 2.35 bits per heavy atom. The van der Waals surface area contributed by atoms with Crippen LogP contribution in [0.15, 0.2) is 24.3 Å². The lowest BCUT2D eigenvalue weighted by atomic mass is 9.96. The van der Waals surface area contributed by atoms with Crippen molar-refractivity contribution in [3.8, 4) is 5.75 Å². The van der Waals surface area contributed by atoms with Crippen LogP contribution in [-0.4, -0.2) is 18.9 Å². The van der Waals surface area contributed by atoms with Crippen molar-refractivity contribution in [1.82, 2.24) is 5.32 Å². The summed E-state index contributed by atoms with van der Waals surface area (Å²) in [6, 6.07) is 7.66. The first-order valence-electron chi connectivity index (χ1n) is 5.57. The summed E-state index contributed by atoms with van der Waals surface area (Å²) in [5.74, 6) is 0.941. The Kier molecular flexibility index (Phi) is 5.29. The van der Waals surface area contributed by atoms with Crippen LogP contribution in [0, 0.1) is 5.92 Å². The molecular weight excluding hydrogens is 238 g/mol. The number of hydrogen-bond donors (Lipinski definition) is 1. The number of hydrogen-bond acceptors (Lipinski definition) is 2. The first-order valence-corrected chi connectivity index (χ1v) is 6.11. The van der Waals surface area contributed by atoms with Gasteiger partial charge in [-0.3, -0.25) is 4.79 Å². The summed E-state index contributed by atoms with van der Waals surface area (Å²) < 4.78 is 5.10. The summed E-state index contributed by atoms with van der Waals surface area (Å²) in [7, 11) is 1.63. The van der Waals surface area contributed by atoms with Crippen molar-refractivity contribution in [3.05, 3.63) is 29.8 Å². The molecule has 0 aromatic heterocycles. The minimum Gasteiger partial charge on any atom is -0.497 e. The molecule has 1 amide bonds. The van der Waals surface area contributed by atoms with Gasteiger partial charge in [0.05, 0.1) is 13.2 Å². The third-order valence-electron chi connectivity index (χ3n) is 2.58.